The van der Waals surface area contributed by atoms with Gasteiger partial charge in [-0.15, -0.1) is 0 Å². The van der Waals surface area contributed by atoms with Gasteiger partial charge in [-0.1, -0.05) is 6.92 Å². The number of esters is 1. The fourth-order valence-electron chi connectivity index (χ4n) is 1.54. The van der Waals surface area contributed by atoms with Crippen LogP contribution in [-0.4, -0.2) is 47.9 Å². The number of amides is 1. The Balaban J connectivity index is 2.45. The number of hydrogen-bond donors (Lipinski definition) is 0. The maximum absolute atomic E-state index is 11.8. The highest BCUT2D eigenvalue weighted by molar-refractivity contribution is 5.89. The average molecular weight is 287 g/mol. The first kappa shape index (κ1) is 16.3. The van der Waals surface area contributed by atoms with Crippen molar-refractivity contribution in [2.45, 2.75) is 52.2 Å². The summed E-state index contributed by atoms with van der Waals surface area (Å²) < 4.78 is 14.3. The van der Waals surface area contributed by atoms with Gasteiger partial charge in [0.15, 0.2) is 0 Å². The van der Waals surface area contributed by atoms with Crippen LogP contribution in [0.5, 0.6) is 0 Å². The van der Waals surface area contributed by atoms with Crippen LogP contribution in [0.1, 0.15) is 40.5 Å². The molecule has 1 aliphatic heterocycles. The largest absolute Gasteiger partial charge is 0.516 e. The molecule has 114 valence electrons. The third kappa shape index (κ3) is 4.71. The molecule has 1 amide bonds. The predicted octanol–water partition coefficient (Wildman–Crippen LogP) is 2.09. The molecule has 0 bridgehead atoms. The molecule has 7 nitrogen and oxygen atoms in total. The fraction of sp³-hybridized carbons (Fsp3) is 0.769. The monoisotopic (exact) mass is 287 g/mol. The molecular formula is C13H21NO6. The van der Waals surface area contributed by atoms with Gasteiger partial charge in [0.1, 0.15) is 11.6 Å². The van der Waals surface area contributed by atoms with Crippen molar-refractivity contribution in [3.63, 3.8) is 0 Å². The summed E-state index contributed by atoms with van der Waals surface area (Å²) in [6.45, 7) is 7.62. The first-order valence-electron chi connectivity index (χ1n) is 6.62. The molecule has 0 aromatic heterocycles. The molecule has 1 fully saturated rings. The van der Waals surface area contributed by atoms with Crippen LogP contribution in [0.4, 0.5) is 9.59 Å². The quantitative estimate of drug-likeness (QED) is 0.584. The first-order valence-corrected chi connectivity index (χ1v) is 6.62. The third-order valence-electron chi connectivity index (χ3n) is 2.53. The number of ether oxygens (including phenoxy) is 3. The molecule has 0 unspecified atom stereocenters. The van der Waals surface area contributed by atoms with Gasteiger partial charge in [0.05, 0.1) is 6.61 Å². The smallest absolute Gasteiger partial charge is 0.444 e. The summed E-state index contributed by atoms with van der Waals surface area (Å²) in [6.07, 6.45) is -0.545. The van der Waals surface area contributed by atoms with Crippen LogP contribution in [0.25, 0.3) is 0 Å². The number of hydrogen-bond acceptors (Lipinski definition) is 6. The Morgan fingerprint density at radius 3 is 2.35 bits per heavy atom. The number of rotatable bonds is 3. The summed E-state index contributed by atoms with van der Waals surface area (Å²) in [5, 5.41) is 0. The van der Waals surface area contributed by atoms with Crippen molar-refractivity contribution >= 4 is 18.2 Å². The SMILES string of the molecule is CCCOC(=O)OC(=O)[C@H]1CCN1C(=O)OC(C)(C)C. The molecule has 1 atom stereocenters. The summed E-state index contributed by atoms with van der Waals surface area (Å²) in [5.74, 6) is -0.789. The van der Waals surface area contributed by atoms with E-state index in [0.29, 0.717) is 19.4 Å². The summed E-state index contributed by atoms with van der Waals surface area (Å²) >= 11 is 0. The zero-order valence-corrected chi connectivity index (χ0v) is 12.3. The average Bonchev–Trinajstić information content (AvgIpc) is 2.21. The van der Waals surface area contributed by atoms with Crippen molar-refractivity contribution < 1.29 is 28.6 Å². The molecule has 1 heterocycles. The Kier molecular flexibility index (Phi) is 5.35. The van der Waals surface area contributed by atoms with Crippen LogP contribution in [0.3, 0.4) is 0 Å². The van der Waals surface area contributed by atoms with Crippen molar-refractivity contribution in [2.75, 3.05) is 13.2 Å². The van der Waals surface area contributed by atoms with Crippen LogP contribution in [0.15, 0.2) is 0 Å². The highest BCUT2D eigenvalue weighted by atomic mass is 16.7. The third-order valence-corrected chi connectivity index (χ3v) is 2.53. The standard InChI is InChI=1S/C13H21NO6/c1-5-8-18-12(17)19-10(15)9-6-7-14(9)11(16)20-13(2,3)4/h9H,5-8H2,1-4H3/t9-/m1/s1. The molecular weight excluding hydrogens is 266 g/mol. The Morgan fingerprint density at radius 1 is 1.25 bits per heavy atom. The number of carbonyl (C=O) groups excluding carboxylic acids is 3. The zero-order valence-electron chi connectivity index (χ0n) is 12.3. The maximum Gasteiger partial charge on any atom is 0.516 e. The maximum atomic E-state index is 11.8. The van der Waals surface area contributed by atoms with Gasteiger partial charge in [-0.2, -0.15) is 0 Å². The highest BCUT2D eigenvalue weighted by Crippen LogP contribution is 2.22. The van der Waals surface area contributed by atoms with E-state index >= 15 is 0 Å². The lowest BCUT2D eigenvalue weighted by atomic mass is 10.0. The van der Waals surface area contributed by atoms with E-state index in [1.165, 1.54) is 4.90 Å². The molecule has 1 rings (SSSR count). The van der Waals surface area contributed by atoms with Crippen LogP contribution < -0.4 is 0 Å². The molecule has 0 N–H and O–H groups in total. The lowest BCUT2D eigenvalue weighted by Gasteiger charge is -2.39. The van der Waals surface area contributed by atoms with Crippen molar-refractivity contribution in [1.29, 1.82) is 0 Å². The van der Waals surface area contributed by atoms with Crippen LogP contribution >= 0.6 is 0 Å². The van der Waals surface area contributed by atoms with Gasteiger partial charge in [0, 0.05) is 6.54 Å². The fourth-order valence-corrected chi connectivity index (χ4v) is 1.54. The van der Waals surface area contributed by atoms with Crippen LogP contribution in [-0.2, 0) is 19.0 Å². The van der Waals surface area contributed by atoms with E-state index in [1.807, 2.05) is 6.92 Å². The van der Waals surface area contributed by atoms with Gasteiger partial charge in [-0.05, 0) is 33.6 Å². The topological polar surface area (TPSA) is 82.1 Å². The van der Waals surface area contributed by atoms with Crippen molar-refractivity contribution in [2.24, 2.45) is 0 Å². The normalized spacial score (nSPS) is 18.0. The molecule has 0 aromatic carbocycles. The highest BCUT2D eigenvalue weighted by Gasteiger charge is 2.41. The minimum atomic E-state index is -1.03. The molecule has 1 saturated heterocycles. The van der Waals surface area contributed by atoms with Crippen LogP contribution in [0, 0.1) is 0 Å². The van der Waals surface area contributed by atoms with Crippen molar-refractivity contribution in [3.05, 3.63) is 0 Å². The number of likely N-dealkylation sites (tertiary alicyclic amines) is 1. The summed E-state index contributed by atoms with van der Waals surface area (Å²) in [6, 6.07) is -0.779. The first-order chi connectivity index (χ1) is 9.24. The number of nitrogens with zero attached hydrogens (tertiary/aromatic N) is 1. The molecule has 0 radical (unpaired) electrons. The number of carbonyl (C=O) groups is 3. The second-order valence-corrected chi connectivity index (χ2v) is 5.50. The molecule has 1 aliphatic rings. The predicted molar refractivity (Wildman–Crippen MR) is 69.1 cm³/mol. The summed E-state index contributed by atoms with van der Waals surface area (Å²) in [4.78, 5) is 35.9. The van der Waals surface area contributed by atoms with E-state index in [0.717, 1.165) is 0 Å². The van der Waals surface area contributed by atoms with E-state index in [-0.39, 0.29) is 6.61 Å². The Bertz CT molecular complexity index is 387. The lowest BCUT2D eigenvalue weighted by molar-refractivity contribution is -0.150. The van der Waals surface area contributed by atoms with Crippen LogP contribution in [0.2, 0.25) is 0 Å². The Morgan fingerprint density at radius 2 is 1.90 bits per heavy atom. The molecule has 20 heavy (non-hydrogen) atoms. The van der Waals surface area contributed by atoms with Crippen molar-refractivity contribution in [1.82, 2.24) is 4.90 Å². The molecule has 0 aromatic rings. The summed E-state index contributed by atoms with van der Waals surface area (Å²) in [7, 11) is 0. The Hall–Kier alpha value is -1.79. The second-order valence-electron chi connectivity index (χ2n) is 5.50. The molecule has 7 heteroatoms. The molecule has 0 saturated carbocycles. The lowest BCUT2D eigenvalue weighted by Crippen LogP contribution is -2.57. The van der Waals surface area contributed by atoms with E-state index in [4.69, 9.17) is 4.74 Å². The van der Waals surface area contributed by atoms with Gasteiger partial charge < -0.3 is 14.2 Å². The second kappa shape index (κ2) is 6.58. The van der Waals surface area contributed by atoms with E-state index in [9.17, 15) is 14.4 Å². The minimum absolute atomic E-state index is 0.187. The van der Waals surface area contributed by atoms with Crippen molar-refractivity contribution in [3.8, 4) is 0 Å². The van der Waals surface area contributed by atoms with Gasteiger partial charge in [0.25, 0.3) is 0 Å². The summed E-state index contributed by atoms with van der Waals surface area (Å²) in [5.41, 5.74) is -0.638. The van der Waals surface area contributed by atoms with Gasteiger partial charge >= 0.3 is 18.2 Å². The van der Waals surface area contributed by atoms with E-state index in [1.54, 1.807) is 20.8 Å². The van der Waals surface area contributed by atoms with Gasteiger partial charge in [-0.3, -0.25) is 4.90 Å². The minimum Gasteiger partial charge on any atom is -0.444 e. The molecule has 0 spiro atoms. The zero-order chi connectivity index (χ0) is 15.3. The molecule has 0 aliphatic carbocycles. The van der Waals surface area contributed by atoms with Gasteiger partial charge in [-0.25, -0.2) is 14.4 Å². The Labute approximate surface area is 118 Å². The van der Waals surface area contributed by atoms with E-state index < -0.39 is 29.9 Å². The van der Waals surface area contributed by atoms with Gasteiger partial charge in [0.2, 0.25) is 0 Å². The van der Waals surface area contributed by atoms with E-state index in [2.05, 4.69) is 9.47 Å².